The summed E-state index contributed by atoms with van der Waals surface area (Å²) in [4.78, 5) is 16.8. The van der Waals surface area contributed by atoms with Crippen LogP contribution in [-0.2, 0) is 11.2 Å². The molecule has 0 fully saturated rings. The van der Waals surface area contributed by atoms with Gasteiger partial charge in [-0.1, -0.05) is 12.0 Å². The number of hydrogen-bond acceptors (Lipinski definition) is 6. The number of alkyl carbamates (subject to hydrolysis) is 1. The van der Waals surface area contributed by atoms with Crippen LogP contribution in [0.25, 0.3) is 0 Å². The SMILES string of the molecule is CC(C)(O)C#Cc1ccc(B(O)O)c(C(Cc2cc(F)cc(F)c2)NC(=O)OC(C)(C)C)n1. The van der Waals surface area contributed by atoms with Crippen LogP contribution in [0.5, 0.6) is 0 Å². The van der Waals surface area contributed by atoms with Gasteiger partial charge in [0.25, 0.3) is 0 Å². The Morgan fingerprint density at radius 1 is 1.15 bits per heavy atom. The van der Waals surface area contributed by atoms with Gasteiger partial charge in [0.05, 0.1) is 11.7 Å². The van der Waals surface area contributed by atoms with Crippen molar-refractivity contribution in [2.24, 2.45) is 0 Å². The fourth-order valence-electron chi connectivity index (χ4n) is 2.90. The van der Waals surface area contributed by atoms with Crippen molar-refractivity contribution in [2.45, 2.75) is 58.3 Å². The lowest BCUT2D eigenvalue weighted by Gasteiger charge is -2.25. The number of carbonyl (C=O) groups is 1. The molecule has 1 heterocycles. The minimum Gasteiger partial charge on any atom is -0.444 e. The average molecular weight is 460 g/mol. The maximum absolute atomic E-state index is 13.8. The molecular formula is C23H27BF2N2O5. The molecule has 0 saturated carbocycles. The number of aromatic nitrogens is 1. The topological polar surface area (TPSA) is 112 Å². The van der Waals surface area contributed by atoms with E-state index in [2.05, 4.69) is 22.1 Å². The first kappa shape index (κ1) is 26.3. The lowest BCUT2D eigenvalue weighted by atomic mass is 9.76. The highest BCUT2D eigenvalue weighted by molar-refractivity contribution is 6.59. The second-order valence-corrected chi connectivity index (χ2v) is 9.03. The normalized spacial score (nSPS) is 12.4. The van der Waals surface area contributed by atoms with Crippen molar-refractivity contribution >= 4 is 18.7 Å². The van der Waals surface area contributed by atoms with Gasteiger partial charge >= 0.3 is 13.2 Å². The molecule has 0 spiro atoms. The van der Waals surface area contributed by atoms with Crippen molar-refractivity contribution in [3.05, 3.63) is 58.9 Å². The van der Waals surface area contributed by atoms with Gasteiger partial charge in [-0.05, 0) is 70.7 Å². The quantitative estimate of drug-likeness (QED) is 0.401. The van der Waals surface area contributed by atoms with Crippen LogP contribution < -0.4 is 10.8 Å². The Morgan fingerprint density at radius 3 is 2.27 bits per heavy atom. The summed E-state index contributed by atoms with van der Waals surface area (Å²) in [6.45, 7) is 7.96. The summed E-state index contributed by atoms with van der Waals surface area (Å²) in [6, 6.07) is 4.63. The molecule has 10 heteroatoms. The zero-order chi connectivity index (χ0) is 25.0. The molecule has 1 atom stereocenters. The third kappa shape index (κ3) is 8.81. The summed E-state index contributed by atoms with van der Waals surface area (Å²) >= 11 is 0. The van der Waals surface area contributed by atoms with Crippen molar-refractivity contribution in [1.82, 2.24) is 10.3 Å². The van der Waals surface area contributed by atoms with Gasteiger partial charge in [-0.25, -0.2) is 18.6 Å². The van der Waals surface area contributed by atoms with Crippen LogP contribution in [0.15, 0.2) is 30.3 Å². The molecule has 0 saturated heterocycles. The Hall–Kier alpha value is -3.00. The van der Waals surface area contributed by atoms with Gasteiger partial charge in [0.2, 0.25) is 0 Å². The monoisotopic (exact) mass is 460 g/mol. The van der Waals surface area contributed by atoms with E-state index in [-0.39, 0.29) is 28.8 Å². The van der Waals surface area contributed by atoms with E-state index < -0.39 is 42.1 Å². The summed E-state index contributed by atoms with van der Waals surface area (Å²) in [5.41, 5.74) is -1.78. The van der Waals surface area contributed by atoms with E-state index >= 15 is 0 Å². The number of carbonyl (C=O) groups excluding carboxylic acids is 1. The third-order valence-corrected chi connectivity index (χ3v) is 4.12. The molecule has 1 unspecified atom stereocenters. The predicted octanol–water partition coefficient (Wildman–Crippen LogP) is 1.97. The summed E-state index contributed by atoms with van der Waals surface area (Å²) in [7, 11) is -1.95. The summed E-state index contributed by atoms with van der Waals surface area (Å²) in [6.07, 6.45) is -0.972. The van der Waals surface area contributed by atoms with E-state index in [9.17, 15) is 28.7 Å². The first-order chi connectivity index (χ1) is 15.1. The number of nitrogens with zero attached hydrogens (tertiary/aromatic N) is 1. The number of aliphatic hydroxyl groups is 1. The Balaban J connectivity index is 2.56. The van der Waals surface area contributed by atoms with E-state index in [1.54, 1.807) is 20.8 Å². The van der Waals surface area contributed by atoms with Crippen LogP contribution in [-0.4, -0.2) is 44.6 Å². The fraction of sp³-hybridized carbons (Fsp3) is 0.391. The second-order valence-electron chi connectivity index (χ2n) is 9.03. The van der Waals surface area contributed by atoms with Crippen LogP contribution in [0.2, 0.25) is 0 Å². The number of hydrogen-bond donors (Lipinski definition) is 4. The van der Waals surface area contributed by atoms with Gasteiger partial charge in [0.15, 0.2) is 0 Å². The van der Waals surface area contributed by atoms with E-state index in [1.807, 2.05) is 0 Å². The lowest BCUT2D eigenvalue weighted by Crippen LogP contribution is -2.42. The van der Waals surface area contributed by atoms with Gasteiger partial charge < -0.3 is 25.2 Å². The van der Waals surface area contributed by atoms with Gasteiger partial charge in [0, 0.05) is 11.5 Å². The number of benzene rings is 1. The van der Waals surface area contributed by atoms with Gasteiger partial charge in [0.1, 0.15) is 28.5 Å². The van der Waals surface area contributed by atoms with Crippen molar-refractivity contribution in [1.29, 1.82) is 0 Å². The predicted molar refractivity (Wildman–Crippen MR) is 119 cm³/mol. The van der Waals surface area contributed by atoms with Crippen LogP contribution in [0.1, 0.15) is 57.6 Å². The maximum atomic E-state index is 13.8. The molecule has 4 N–H and O–H groups in total. The molecule has 2 aromatic rings. The van der Waals surface area contributed by atoms with Crippen molar-refractivity contribution in [2.75, 3.05) is 0 Å². The van der Waals surface area contributed by atoms with Gasteiger partial charge in [-0.2, -0.15) is 0 Å². The number of amides is 1. The smallest absolute Gasteiger partial charge is 0.444 e. The van der Waals surface area contributed by atoms with Crippen molar-refractivity contribution in [3.8, 4) is 11.8 Å². The molecule has 0 aliphatic heterocycles. The molecule has 0 bridgehead atoms. The maximum Gasteiger partial charge on any atom is 0.490 e. The molecule has 2 rings (SSSR count). The lowest BCUT2D eigenvalue weighted by molar-refractivity contribution is 0.0502. The molecule has 1 amide bonds. The van der Waals surface area contributed by atoms with Crippen molar-refractivity contribution in [3.63, 3.8) is 0 Å². The molecule has 176 valence electrons. The van der Waals surface area contributed by atoms with Crippen molar-refractivity contribution < 1.29 is 33.5 Å². The summed E-state index contributed by atoms with van der Waals surface area (Å²) in [5.74, 6) is 3.67. The molecule has 1 aromatic heterocycles. The van der Waals surface area contributed by atoms with Crippen LogP contribution in [0.3, 0.4) is 0 Å². The first-order valence-electron chi connectivity index (χ1n) is 10.2. The number of pyridine rings is 1. The molecule has 7 nitrogen and oxygen atoms in total. The largest absolute Gasteiger partial charge is 0.490 e. The molecule has 0 radical (unpaired) electrons. The van der Waals surface area contributed by atoms with Crippen LogP contribution in [0.4, 0.5) is 13.6 Å². The zero-order valence-corrected chi connectivity index (χ0v) is 19.1. The first-order valence-corrected chi connectivity index (χ1v) is 10.2. The molecule has 1 aromatic carbocycles. The standard InChI is InChI=1S/C23H27BF2N2O5/c1-22(2,3)33-21(29)28-19(12-14-10-15(25)13-16(26)11-14)20-18(24(31)32)7-6-17(27-20)8-9-23(4,5)30/h6-7,10-11,13,19,30-32H,12H2,1-5H3,(H,28,29). The molecule has 0 aliphatic rings. The van der Waals surface area contributed by atoms with E-state index in [0.29, 0.717) is 6.07 Å². The summed E-state index contributed by atoms with van der Waals surface area (Å²) in [5, 5.41) is 32.1. The van der Waals surface area contributed by atoms with E-state index in [0.717, 1.165) is 12.1 Å². The van der Waals surface area contributed by atoms with E-state index in [4.69, 9.17) is 4.74 Å². The third-order valence-electron chi connectivity index (χ3n) is 4.12. The van der Waals surface area contributed by atoms with Gasteiger partial charge in [-0.3, -0.25) is 0 Å². The van der Waals surface area contributed by atoms with E-state index in [1.165, 1.54) is 26.0 Å². The summed E-state index contributed by atoms with van der Waals surface area (Å²) < 4.78 is 32.8. The van der Waals surface area contributed by atoms with Crippen LogP contribution in [0, 0.1) is 23.5 Å². The number of nitrogens with one attached hydrogen (secondary N) is 1. The number of rotatable bonds is 5. The van der Waals surface area contributed by atoms with Crippen LogP contribution >= 0.6 is 0 Å². The zero-order valence-electron chi connectivity index (χ0n) is 19.1. The number of halogens is 2. The highest BCUT2D eigenvalue weighted by atomic mass is 19.1. The molecule has 0 aliphatic carbocycles. The highest BCUT2D eigenvalue weighted by Crippen LogP contribution is 2.20. The minimum atomic E-state index is -1.95. The Bertz CT molecular complexity index is 1050. The fourth-order valence-corrected chi connectivity index (χ4v) is 2.90. The second kappa shape index (κ2) is 10.3. The Morgan fingerprint density at radius 2 is 1.76 bits per heavy atom. The Labute approximate surface area is 192 Å². The minimum absolute atomic E-state index is 0.0167. The molecule has 33 heavy (non-hydrogen) atoms. The Kier molecular flexibility index (Phi) is 8.19. The molecular weight excluding hydrogens is 433 g/mol. The number of ether oxygens (including phenoxy) is 1. The highest BCUT2D eigenvalue weighted by Gasteiger charge is 2.28. The van der Waals surface area contributed by atoms with Gasteiger partial charge in [-0.15, -0.1) is 0 Å². The average Bonchev–Trinajstić information content (AvgIpc) is 2.62.